The molecule has 1 aliphatic carbocycles. The Balaban J connectivity index is 1.44. The van der Waals surface area contributed by atoms with E-state index in [0.717, 1.165) is 25.7 Å². The Morgan fingerprint density at radius 3 is 2.48 bits per heavy atom. The molecular formula is C19H26N2O3S. The van der Waals surface area contributed by atoms with E-state index in [4.69, 9.17) is 0 Å². The third kappa shape index (κ3) is 4.70. The van der Waals surface area contributed by atoms with Crippen molar-refractivity contribution in [3.63, 3.8) is 0 Å². The van der Waals surface area contributed by atoms with Crippen LogP contribution in [0, 0.1) is 11.8 Å². The number of nitrogens with zero attached hydrogens (tertiary/aromatic N) is 1. The molecule has 0 radical (unpaired) electrons. The number of rotatable bonds is 6. The predicted octanol–water partition coefficient (Wildman–Crippen LogP) is 2.56. The number of carbonyl (C=O) groups is 1. The number of piperidine rings is 1. The number of nitrogens with one attached hydrogen (secondary N) is 1. The molecule has 1 aromatic rings. The molecule has 1 aromatic carbocycles. The van der Waals surface area contributed by atoms with Gasteiger partial charge < -0.3 is 5.32 Å². The fourth-order valence-corrected chi connectivity index (χ4v) is 5.02. The highest BCUT2D eigenvalue weighted by Gasteiger charge is 2.29. The van der Waals surface area contributed by atoms with E-state index in [1.54, 1.807) is 28.6 Å². The van der Waals surface area contributed by atoms with Gasteiger partial charge in [0.25, 0.3) is 0 Å². The highest BCUT2D eigenvalue weighted by atomic mass is 32.2. The second-order valence-corrected chi connectivity index (χ2v) is 8.87. The number of hydrogen-bond donors (Lipinski definition) is 1. The summed E-state index contributed by atoms with van der Waals surface area (Å²) < 4.78 is 26.8. The van der Waals surface area contributed by atoms with Gasteiger partial charge in [-0.15, -0.1) is 0 Å². The molecule has 3 rings (SSSR count). The van der Waals surface area contributed by atoms with Gasteiger partial charge in [0.1, 0.15) is 0 Å². The second-order valence-electron chi connectivity index (χ2n) is 6.93. The van der Waals surface area contributed by atoms with Crippen molar-refractivity contribution in [1.29, 1.82) is 0 Å². The summed E-state index contributed by atoms with van der Waals surface area (Å²) >= 11 is 0. The van der Waals surface area contributed by atoms with Gasteiger partial charge in [-0.1, -0.05) is 30.4 Å². The number of benzene rings is 1. The van der Waals surface area contributed by atoms with Gasteiger partial charge in [-0.3, -0.25) is 4.79 Å². The lowest BCUT2D eigenvalue weighted by molar-refractivity contribution is -0.121. The van der Waals surface area contributed by atoms with Crippen LogP contribution in [0.5, 0.6) is 0 Å². The Morgan fingerprint density at radius 1 is 1.12 bits per heavy atom. The lowest BCUT2D eigenvalue weighted by atomic mass is 9.98. The van der Waals surface area contributed by atoms with Crippen LogP contribution in [0.1, 0.15) is 32.1 Å². The minimum atomic E-state index is -3.39. The molecule has 1 N–H and O–H groups in total. The van der Waals surface area contributed by atoms with E-state index in [-0.39, 0.29) is 5.91 Å². The minimum absolute atomic E-state index is 0.107. The van der Waals surface area contributed by atoms with Crippen LogP contribution in [0.4, 0.5) is 0 Å². The highest BCUT2D eigenvalue weighted by molar-refractivity contribution is 7.89. The lowest BCUT2D eigenvalue weighted by Crippen LogP contribution is -2.41. The van der Waals surface area contributed by atoms with Gasteiger partial charge in [0, 0.05) is 26.1 Å². The van der Waals surface area contributed by atoms with Crippen molar-refractivity contribution >= 4 is 15.9 Å². The topological polar surface area (TPSA) is 66.5 Å². The minimum Gasteiger partial charge on any atom is -0.356 e. The third-order valence-corrected chi connectivity index (χ3v) is 7.02. The number of carbonyl (C=O) groups excluding carboxylic acids is 1. The van der Waals surface area contributed by atoms with Crippen molar-refractivity contribution in [3.8, 4) is 0 Å². The summed E-state index contributed by atoms with van der Waals surface area (Å²) in [6, 6.07) is 8.58. The van der Waals surface area contributed by atoms with E-state index in [2.05, 4.69) is 17.5 Å². The van der Waals surface area contributed by atoms with Crippen LogP contribution in [-0.4, -0.2) is 38.3 Å². The summed E-state index contributed by atoms with van der Waals surface area (Å²) in [5.74, 6) is 0.846. The zero-order valence-electron chi connectivity index (χ0n) is 14.4. The Kier molecular flexibility index (Phi) is 5.91. The first kappa shape index (κ1) is 18.1. The summed E-state index contributed by atoms with van der Waals surface area (Å²) in [6.07, 6.45) is 8.56. The Labute approximate surface area is 150 Å². The number of sulfonamides is 1. The van der Waals surface area contributed by atoms with E-state index in [9.17, 15) is 13.2 Å². The first-order chi connectivity index (χ1) is 12.1. The first-order valence-corrected chi connectivity index (χ1v) is 10.5. The zero-order valence-corrected chi connectivity index (χ0v) is 15.2. The second kappa shape index (κ2) is 8.15. The molecule has 1 saturated heterocycles. The molecule has 0 saturated carbocycles. The van der Waals surface area contributed by atoms with Gasteiger partial charge in [0.2, 0.25) is 15.9 Å². The van der Waals surface area contributed by atoms with Crippen molar-refractivity contribution in [2.75, 3.05) is 19.6 Å². The van der Waals surface area contributed by atoms with E-state index in [1.807, 2.05) is 6.07 Å². The molecule has 6 heteroatoms. The summed E-state index contributed by atoms with van der Waals surface area (Å²) in [6.45, 7) is 1.68. The van der Waals surface area contributed by atoms with Gasteiger partial charge in [-0.25, -0.2) is 8.42 Å². The molecule has 0 unspecified atom stereocenters. The van der Waals surface area contributed by atoms with Crippen molar-refractivity contribution in [1.82, 2.24) is 9.62 Å². The number of amides is 1. The number of allylic oxidation sites excluding steroid dienone is 2. The largest absolute Gasteiger partial charge is 0.356 e. The maximum absolute atomic E-state index is 12.6. The van der Waals surface area contributed by atoms with Crippen LogP contribution in [-0.2, 0) is 14.8 Å². The predicted molar refractivity (Wildman–Crippen MR) is 97.4 cm³/mol. The van der Waals surface area contributed by atoms with Gasteiger partial charge in [-0.05, 0) is 49.7 Å². The van der Waals surface area contributed by atoms with Crippen molar-refractivity contribution in [2.45, 2.75) is 37.0 Å². The first-order valence-electron chi connectivity index (χ1n) is 9.04. The average Bonchev–Trinajstić information content (AvgIpc) is 3.14. The molecule has 136 valence electrons. The van der Waals surface area contributed by atoms with Gasteiger partial charge in [-0.2, -0.15) is 4.31 Å². The molecule has 0 spiro atoms. The number of hydrogen-bond acceptors (Lipinski definition) is 3. The van der Waals surface area contributed by atoms with Crippen LogP contribution in [0.2, 0.25) is 0 Å². The van der Waals surface area contributed by atoms with E-state index in [0.29, 0.717) is 42.8 Å². The molecule has 1 atom stereocenters. The highest BCUT2D eigenvalue weighted by Crippen LogP contribution is 2.24. The molecule has 2 aliphatic rings. The Bertz CT molecular complexity index is 707. The van der Waals surface area contributed by atoms with Crippen LogP contribution in [0.3, 0.4) is 0 Å². The molecular weight excluding hydrogens is 336 g/mol. The summed E-state index contributed by atoms with van der Waals surface area (Å²) in [4.78, 5) is 12.4. The van der Waals surface area contributed by atoms with Gasteiger partial charge in [0.05, 0.1) is 4.90 Å². The maximum Gasteiger partial charge on any atom is 0.243 e. The molecule has 0 bridgehead atoms. The maximum atomic E-state index is 12.6. The quantitative estimate of drug-likeness (QED) is 0.791. The molecule has 1 fully saturated rings. The van der Waals surface area contributed by atoms with E-state index >= 15 is 0 Å². The van der Waals surface area contributed by atoms with Gasteiger partial charge >= 0.3 is 0 Å². The molecule has 1 amide bonds. The molecule has 0 aromatic heterocycles. The summed E-state index contributed by atoms with van der Waals surface area (Å²) in [5, 5.41) is 3.02. The smallest absolute Gasteiger partial charge is 0.243 e. The van der Waals surface area contributed by atoms with Crippen molar-refractivity contribution in [3.05, 3.63) is 42.5 Å². The zero-order chi connectivity index (χ0) is 17.7. The fraction of sp³-hybridized carbons (Fsp3) is 0.526. The molecule has 25 heavy (non-hydrogen) atoms. The summed E-state index contributed by atoms with van der Waals surface area (Å²) in [7, 11) is -3.39. The SMILES string of the molecule is O=C(C[C@@H]1C=CCC1)NCC1CCN(S(=O)(=O)c2ccccc2)CC1. The Morgan fingerprint density at radius 2 is 1.84 bits per heavy atom. The Hall–Kier alpha value is -1.66. The van der Waals surface area contributed by atoms with Crippen LogP contribution >= 0.6 is 0 Å². The van der Waals surface area contributed by atoms with Crippen molar-refractivity contribution < 1.29 is 13.2 Å². The van der Waals surface area contributed by atoms with Crippen molar-refractivity contribution in [2.24, 2.45) is 11.8 Å². The van der Waals surface area contributed by atoms with Crippen LogP contribution in [0.25, 0.3) is 0 Å². The fourth-order valence-electron chi connectivity index (χ4n) is 3.53. The molecule has 5 nitrogen and oxygen atoms in total. The van der Waals surface area contributed by atoms with E-state index in [1.165, 1.54) is 0 Å². The monoisotopic (exact) mass is 362 g/mol. The molecule has 1 aliphatic heterocycles. The van der Waals surface area contributed by atoms with Crippen LogP contribution < -0.4 is 5.32 Å². The van der Waals surface area contributed by atoms with Gasteiger partial charge in [0.15, 0.2) is 0 Å². The van der Waals surface area contributed by atoms with Crippen LogP contribution in [0.15, 0.2) is 47.4 Å². The van der Waals surface area contributed by atoms with E-state index < -0.39 is 10.0 Å². The third-order valence-electron chi connectivity index (χ3n) is 5.10. The summed E-state index contributed by atoms with van der Waals surface area (Å²) in [5.41, 5.74) is 0. The molecule has 1 heterocycles. The average molecular weight is 362 g/mol. The standard InChI is InChI=1S/C19H26N2O3S/c22-19(14-16-6-4-5-7-16)20-15-17-10-12-21(13-11-17)25(23,24)18-8-2-1-3-9-18/h1-4,6,8-9,16-17H,5,7,10-15H2,(H,20,22)/t16-/m1/s1. The lowest BCUT2D eigenvalue weighted by Gasteiger charge is -2.31. The normalized spacial score (nSPS) is 22.2.